The molecular weight excluding hydrogens is 276 g/mol. The first-order valence-corrected chi connectivity index (χ1v) is 8.53. The summed E-state index contributed by atoms with van der Waals surface area (Å²) in [6, 6.07) is 6.42. The second-order valence-electron chi connectivity index (χ2n) is 6.46. The molecule has 1 unspecified atom stereocenters. The largest absolute Gasteiger partial charge is 0.396 e. The number of ketones is 1. The summed E-state index contributed by atoms with van der Waals surface area (Å²) >= 11 is 0. The predicted octanol–water partition coefficient (Wildman–Crippen LogP) is 2.46. The van der Waals surface area contributed by atoms with E-state index in [4.69, 9.17) is 0 Å². The van der Waals surface area contributed by atoms with Crippen molar-refractivity contribution in [2.24, 2.45) is 0 Å². The summed E-state index contributed by atoms with van der Waals surface area (Å²) < 4.78 is 0. The number of nitrogens with one attached hydrogen (secondary N) is 1. The van der Waals surface area contributed by atoms with Crippen LogP contribution in [0.25, 0.3) is 0 Å². The van der Waals surface area contributed by atoms with Gasteiger partial charge in [-0.3, -0.25) is 9.69 Å². The number of carbonyl (C=O) groups is 1. The number of Topliss-reactive ketones (excluding diaryl/α,β-unsaturated/α-hetero) is 1. The first kappa shape index (κ1) is 15.5. The first-order valence-electron chi connectivity index (χ1n) is 8.53. The van der Waals surface area contributed by atoms with E-state index in [-0.39, 0.29) is 12.4 Å². The van der Waals surface area contributed by atoms with Gasteiger partial charge in [-0.2, -0.15) is 0 Å². The molecule has 0 amide bonds. The summed E-state index contributed by atoms with van der Waals surface area (Å²) in [7, 11) is 0. The molecule has 2 aliphatic heterocycles. The third-order valence-corrected chi connectivity index (χ3v) is 4.92. The molecule has 2 heterocycles. The van der Waals surface area contributed by atoms with Crippen molar-refractivity contribution in [1.82, 2.24) is 4.90 Å². The van der Waals surface area contributed by atoms with Crippen LogP contribution in [0.2, 0.25) is 0 Å². The number of rotatable bonds is 5. The van der Waals surface area contributed by atoms with Crippen LogP contribution in [0, 0.1) is 0 Å². The van der Waals surface area contributed by atoms with Gasteiger partial charge in [0.05, 0.1) is 6.54 Å². The SMILES string of the molecule is O=C(CN1CCCCC1CCO)c1ccc2c(c1)CCCN2. The Labute approximate surface area is 132 Å². The Morgan fingerprint density at radius 3 is 3.09 bits per heavy atom. The Balaban J connectivity index is 1.68. The number of fused-ring (bicyclic) bond motifs is 1. The Morgan fingerprint density at radius 2 is 2.23 bits per heavy atom. The van der Waals surface area contributed by atoms with Gasteiger partial charge in [-0.25, -0.2) is 0 Å². The van der Waals surface area contributed by atoms with Gasteiger partial charge in [0.1, 0.15) is 0 Å². The molecule has 0 saturated carbocycles. The zero-order chi connectivity index (χ0) is 15.4. The van der Waals surface area contributed by atoms with Crippen LogP contribution in [0.4, 0.5) is 5.69 Å². The predicted molar refractivity (Wildman–Crippen MR) is 88.5 cm³/mol. The van der Waals surface area contributed by atoms with Crippen molar-refractivity contribution in [3.63, 3.8) is 0 Å². The van der Waals surface area contributed by atoms with Gasteiger partial charge in [-0.05, 0) is 62.4 Å². The lowest BCUT2D eigenvalue weighted by Gasteiger charge is -2.35. The number of nitrogens with zero attached hydrogens (tertiary/aromatic N) is 1. The molecule has 1 fully saturated rings. The number of anilines is 1. The molecule has 2 N–H and O–H groups in total. The van der Waals surface area contributed by atoms with Crippen LogP contribution in [0.3, 0.4) is 0 Å². The maximum atomic E-state index is 12.6. The molecule has 22 heavy (non-hydrogen) atoms. The van der Waals surface area contributed by atoms with E-state index in [0.717, 1.165) is 50.8 Å². The number of aliphatic hydroxyl groups excluding tert-OH is 1. The third kappa shape index (κ3) is 3.50. The van der Waals surface area contributed by atoms with Crippen molar-refractivity contribution in [1.29, 1.82) is 0 Å². The van der Waals surface area contributed by atoms with Gasteiger partial charge < -0.3 is 10.4 Å². The molecule has 3 rings (SSSR count). The Bertz CT molecular complexity index is 528. The lowest BCUT2D eigenvalue weighted by Crippen LogP contribution is -2.43. The molecule has 1 atom stereocenters. The Kier molecular flexibility index (Phi) is 5.11. The van der Waals surface area contributed by atoms with Gasteiger partial charge in [-0.1, -0.05) is 6.42 Å². The highest BCUT2D eigenvalue weighted by Crippen LogP contribution is 2.24. The highest BCUT2D eigenvalue weighted by atomic mass is 16.3. The zero-order valence-corrected chi connectivity index (χ0v) is 13.2. The molecule has 0 aromatic heterocycles. The standard InChI is InChI=1S/C18H26N2O2/c21-11-8-16-5-1-2-10-20(16)13-18(22)15-6-7-17-14(12-15)4-3-9-19-17/h6-7,12,16,19,21H,1-5,8-11,13H2. The minimum absolute atomic E-state index is 0.207. The molecule has 0 radical (unpaired) electrons. The van der Waals surface area contributed by atoms with E-state index in [9.17, 15) is 9.90 Å². The molecule has 4 heteroatoms. The molecular formula is C18H26N2O2. The highest BCUT2D eigenvalue weighted by molar-refractivity contribution is 5.98. The number of hydrogen-bond acceptors (Lipinski definition) is 4. The number of aryl methyl sites for hydroxylation is 1. The fourth-order valence-electron chi connectivity index (χ4n) is 3.67. The summed E-state index contributed by atoms with van der Waals surface area (Å²) in [5, 5.41) is 12.6. The lowest BCUT2D eigenvalue weighted by atomic mass is 9.96. The summed E-state index contributed by atoms with van der Waals surface area (Å²) in [5.74, 6) is 0.207. The summed E-state index contributed by atoms with van der Waals surface area (Å²) in [6.45, 7) is 2.69. The summed E-state index contributed by atoms with van der Waals surface area (Å²) in [4.78, 5) is 14.9. The number of likely N-dealkylation sites (tertiary alicyclic amines) is 1. The molecule has 4 nitrogen and oxygen atoms in total. The van der Waals surface area contributed by atoms with Gasteiger partial charge in [0.15, 0.2) is 5.78 Å². The number of hydrogen-bond donors (Lipinski definition) is 2. The van der Waals surface area contributed by atoms with Crippen molar-refractivity contribution >= 4 is 11.5 Å². The number of piperidine rings is 1. The normalized spacial score (nSPS) is 22.0. The van der Waals surface area contributed by atoms with Crippen LogP contribution < -0.4 is 5.32 Å². The quantitative estimate of drug-likeness (QED) is 0.821. The van der Waals surface area contributed by atoms with Gasteiger partial charge in [0.25, 0.3) is 0 Å². The monoisotopic (exact) mass is 302 g/mol. The Morgan fingerprint density at radius 1 is 1.32 bits per heavy atom. The van der Waals surface area contributed by atoms with Crippen LogP contribution in [-0.2, 0) is 6.42 Å². The Hall–Kier alpha value is -1.39. The molecule has 1 saturated heterocycles. The lowest BCUT2D eigenvalue weighted by molar-refractivity contribution is 0.0799. The molecule has 1 aromatic carbocycles. The van der Waals surface area contributed by atoms with E-state index in [1.165, 1.54) is 17.7 Å². The molecule has 2 aliphatic rings. The molecule has 120 valence electrons. The first-order chi connectivity index (χ1) is 10.8. The van der Waals surface area contributed by atoms with E-state index in [2.05, 4.69) is 16.3 Å². The zero-order valence-electron chi connectivity index (χ0n) is 13.2. The number of aliphatic hydroxyl groups is 1. The van der Waals surface area contributed by atoms with Crippen molar-refractivity contribution in [2.75, 3.05) is 31.6 Å². The number of benzene rings is 1. The van der Waals surface area contributed by atoms with Crippen LogP contribution in [0.15, 0.2) is 18.2 Å². The third-order valence-electron chi connectivity index (χ3n) is 4.92. The minimum atomic E-state index is 0.207. The van der Waals surface area contributed by atoms with E-state index < -0.39 is 0 Å². The fraction of sp³-hybridized carbons (Fsp3) is 0.611. The maximum absolute atomic E-state index is 12.6. The van der Waals surface area contributed by atoms with Crippen LogP contribution in [-0.4, -0.2) is 48.1 Å². The second-order valence-corrected chi connectivity index (χ2v) is 6.46. The molecule has 1 aromatic rings. The van der Waals surface area contributed by atoms with Gasteiger partial charge in [0, 0.05) is 30.4 Å². The fourth-order valence-corrected chi connectivity index (χ4v) is 3.67. The number of carbonyl (C=O) groups excluding carboxylic acids is 1. The van der Waals surface area contributed by atoms with Crippen LogP contribution >= 0.6 is 0 Å². The van der Waals surface area contributed by atoms with Crippen LogP contribution in [0.1, 0.15) is 48.0 Å². The maximum Gasteiger partial charge on any atom is 0.176 e. The average Bonchev–Trinajstić information content (AvgIpc) is 2.56. The van der Waals surface area contributed by atoms with Crippen molar-refractivity contribution in [3.05, 3.63) is 29.3 Å². The van der Waals surface area contributed by atoms with E-state index >= 15 is 0 Å². The molecule has 0 bridgehead atoms. The topological polar surface area (TPSA) is 52.6 Å². The van der Waals surface area contributed by atoms with Crippen molar-refractivity contribution in [3.8, 4) is 0 Å². The minimum Gasteiger partial charge on any atom is -0.396 e. The van der Waals surface area contributed by atoms with E-state index in [1.807, 2.05) is 12.1 Å². The van der Waals surface area contributed by atoms with E-state index in [0.29, 0.717) is 12.6 Å². The van der Waals surface area contributed by atoms with Gasteiger partial charge in [-0.15, -0.1) is 0 Å². The molecule has 0 spiro atoms. The van der Waals surface area contributed by atoms with Gasteiger partial charge >= 0.3 is 0 Å². The average molecular weight is 302 g/mol. The molecule has 0 aliphatic carbocycles. The smallest absolute Gasteiger partial charge is 0.176 e. The van der Waals surface area contributed by atoms with Crippen LogP contribution in [0.5, 0.6) is 0 Å². The van der Waals surface area contributed by atoms with Gasteiger partial charge in [0.2, 0.25) is 0 Å². The summed E-state index contributed by atoms with van der Waals surface area (Å²) in [6.07, 6.45) is 6.43. The highest BCUT2D eigenvalue weighted by Gasteiger charge is 2.24. The van der Waals surface area contributed by atoms with Crippen molar-refractivity contribution < 1.29 is 9.90 Å². The second kappa shape index (κ2) is 7.25. The summed E-state index contributed by atoms with van der Waals surface area (Å²) in [5.41, 5.74) is 3.28. The van der Waals surface area contributed by atoms with E-state index in [1.54, 1.807) is 0 Å². The van der Waals surface area contributed by atoms with Crippen molar-refractivity contribution in [2.45, 2.75) is 44.6 Å².